The molecular weight excluding hydrogens is 500 g/mol. The molecule has 39 heavy (non-hydrogen) atoms. The molecule has 3 aromatic rings. The third kappa shape index (κ3) is 7.26. The Labute approximate surface area is 228 Å². The van der Waals surface area contributed by atoms with E-state index in [0.29, 0.717) is 12.4 Å². The number of benzene rings is 2. The van der Waals surface area contributed by atoms with Crippen molar-refractivity contribution in [2.45, 2.75) is 44.9 Å². The van der Waals surface area contributed by atoms with Crippen LogP contribution in [0.4, 0.5) is 0 Å². The molecule has 4 unspecified atom stereocenters. The van der Waals surface area contributed by atoms with E-state index in [0.717, 1.165) is 18.4 Å². The lowest BCUT2D eigenvalue weighted by atomic mass is 9.92. The summed E-state index contributed by atoms with van der Waals surface area (Å²) in [6.07, 6.45) is 1.74. The minimum Gasteiger partial charge on any atom is -0.503 e. The van der Waals surface area contributed by atoms with Gasteiger partial charge in [-0.2, -0.15) is 0 Å². The molecule has 206 valence electrons. The number of carbonyl (C=O) groups is 2. The second-order valence-corrected chi connectivity index (χ2v) is 9.60. The van der Waals surface area contributed by atoms with Gasteiger partial charge >= 0.3 is 5.97 Å². The van der Waals surface area contributed by atoms with Crippen LogP contribution in [0.15, 0.2) is 66.9 Å². The third-order valence-electron chi connectivity index (χ3n) is 6.70. The number of pyridine rings is 1. The molecule has 9 nitrogen and oxygen atoms in total. The van der Waals surface area contributed by atoms with Gasteiger partial charge in [-0.05, 0) is 44.4 Å². The summed E-state index contributed by atoms with van der Waals surface area (Å²) in [6, 6.07) is 18.1. The molecule has 0 bridgehead atoms. The van der Waals surface area contributed by atoms with Crippen LogP contribution in [0.2, 0.25) is 0 Å². The Kier molecular flexibility index (Phi) is 9.38. The van der Waals surface area contributed by atoms with E-state index < -0.39 is 35.9 Å². The number of aryl methyl sites for hydroxylation is 2. The maximum Gasteiger partial charge on any atom is 0.331 e. The SMILES string of the molecule is COc1ccnc(C(=O)NC2COCC(CCc3ccccc3)C(Oc3ccc(C)cc3)C(C)OC2=O)c1O. The Morgan fingerprint density at radius 3 is 2.56 bits per heavy atom. The Balaban J connectivity index is 1.52. The number of amides is 1. The summed E-state index contributed by atoms with van der Waals surface area (Å²) in [5.74, 6) is -1.18. The fraction of sp³-hybridized carbons (Fsp3) is 0.367. The van der Waals surface area contributed by atoms with Crippen molar-refractivity contribution in [3.05, 3.63) is 83.7 Å². The largest absolute Gasteiger partial charge is 0.503 e. The van der Waals surface area contributed by atoms with Gasteiger partial charge in [0.25, 0.3) is 5.91 Å². The van der Waals surface area contributed by atoms with Crippen molar-refractivity contribution < 1.29 is 33.6 Å². The van der Waals surface area contributed by atoms with Crippen molar-refractivity contribution in [3.63, 3.8) is 0 Å². The molecule has 0 spiro atoms. The van der Waals surface area contributed by atoms with Gasteiger partial charge in [0.1, 0.15) is 18.0 Å². The minimum atomic E-state index is -1.11. The van der Waals surface area contributed by atoms with Gasteiger partial charge in [-0.1, -0.05) is 48.0 Å². The van der Waals surface area contributed by atoms with E-state index in [1.807, 2.05) is 49.4 Å². The number of nitrogens with zero attached hydrogens (tertiary/aromatic N) is 1. The molecule has 1 aliphatic rings. The molecule has 1 aliphatic heterocycles. The summed E-state index contributed by atoms with van der Waals surface area (Å²) in [5.41, 5.74) is 2.03. The Hall–Kier alpha value is -4.11. The molecule has 0 radical (unpaired) electrons. The molecule has 9 heteroatoms. The van der Waals surface area contributed by atoms with Crippen molar-refractivity contribution >= 4 is 11.9 Å². The molecule has 2 N–H and O–H groups in total. The number of aromatic hydroxyl groups is 1. The molecule has 1 amide bonds. The van der Waals surface area contributed by atoms with Gasteiger partial charge in [0.15, 0.2) is 23.2 Å². The highest BCUT2D eigenvalue weighted by Gasteiger charge is 2.36. The fourth-order valence-electron chi connectivity index (χ4n) is 4.52. The maximum atomic E-state index is 13.2. The van der Waals surface area contributed by atoms with E-state index in [9.17, 15) is 14.7 Å². The Morgan fingerprint density at radius 2 is 1.85 bits per heavy atom. The highest BCUT2D eigenvalue weighted by atomic mass is 16.6. The molecule has 2 aromatic carbocycles. The van der Waals surface area contributed by atoms with E-state index in [-0.39, 0.29) is 24.0 Å². The minimum absolute atomic E-state index is 0.0921. The standard InChI is InChI=1S/C30H34N2O7/c1-19-9-13-23(14-10-19)39-28-20(2)38-30(35)24(32-29(34)26-27(33)25(36-3)15-16-31-26)18-37-17-22(28)12-11-21-7-5-4-6-8-21/h4-10,13-16,20,22,24,28,33H,11-12,17-18H2,1-3H3,(H,32,34). The van der Waals surface area contributed by atoms with Crippen molar-refractivity contribution in [3.8, 4) is 17.2 Å². The van der Waals surface area contributed by atoms with Gasteiger partial charge in [0.05, 0.1) is 20.3 Å². The van der Waals surface area contributed by atoms with Crippen molar-refractivity contribution in [2.75, 3.05) is 20.3 Å². The first-order chi connectivity index (χ1) is 18.9. The van der Waals surface area contributed by atoms with Crippen LogP contribution in [-0.2, 0) is 20.7 Å². The topological polar surface area (TPSA) is 116 Å². The molecule has 0 saturated carbocycles. The van der Waals surface area contributed by atoms with Gasteiger partial charge in [0, 0.05) is 18.2 Å². The number of carbonyl (C=O) groups excluding carboxylic acids is 2. The average Bonchev–Trinajstić information content (AvgIpc) is 2.98. The molecular formula is C30H34N2O7. The van der Waals surface area contributed by atoms with E-state index in [4.69, 9.17) is 18.9 Å². The molecule has 0 aliphatic carbocycles. The molecule has 2 heterocycles. The lowest BCUT2D eigenvalue weighted by Gasteiger charge is -2.31. The summed E-state index contributed by atoms with van der Waals surface area (Å²) >= 11 is 0. The summed E-state index contributed by atoms with van der Waals surface area (Å²) in [5, 5.41) is 12.9. The van der Waals surface area contributed by atoms with Gasteiger partial charge in [-0.15, -0.1) is 0 Å². The lowest BCUT2D eigenvalue weighted by Crippen LogP contribution is -2.47. The second kappa shape index (κ2) is 13.1. The first-order valence-corrected chi connectivity index (χ1v) is 12.9. The Bertz CT molecular complexity index is 1250. The fourth-order valence-corrected chi connectivity index (χ4v) is 4.52. The zero-order chi connectivity index (χ0) is 27.8. The number of hydrogen-bond acceptors (Lipinski definition) is 8. The quantitative estimate of drug-likeness (QED) is 0.419. The number of nitrogens with one attached hydrogen (secondary N) is 1. The zero-order valence-electron chi connectivity index (χ0n) is 22.3. The van der Waals surface area contributed by atoms with Gasteiger partial charge in [0.2, 0.25) is 0 Å². The molecule has 4 atom stereocenters. The predicted octanol–water partition coefficient (Wildman–Crippen LogP) is 3.86. The molecule has 4 rings (SSSR count). The maximum absolute atomic E-state index is 13.2. The number of hydrogen-bond donors (Lipinski definition) is 2. The second-order valence-electron chi connectivity index (χ2n) is 9.60. The normalized spacial score (nSPS) is 21.6. The van der Waals surface area contributed by atoms with Crippen LogP contribution in [0.5, 0.6) is 17.2 Å². The molecule has 1 fully saturated rings. The van der Waals surface area contributed by atoms with Crippen LogP contribution in [0, 0.1) is 12.8 Å². The summed E-state index contributed by atoms with van der Waals surface area (Å²) < 4.78 is 23.2. The number of ether oxygens (including phenoxy) is 4. The highest BCUT2D eigenvalue weighted by molar-refractivity contribution is 5.98. The summed E-state index contributed by atoms with van der Waals surface area (Å²) in [6.45, 7) is 3.96. The van der Waals surface area contributed by atoms with E-state index in [1.54, 1.807) is 6.92 Å². The monoisotopic (exact) mass is 534 g/mol. The lowest BCUT2D eigenvalue weighted by molar-refractivity contribution is -0.156. The molecule has 1 saturated heterocycles. The highest BCUT2D eigenvalue weighted by Crippen LogP contribution is 2.28. The van der Waals surface area contributed by atoms with E-state index in [2.05, 4.69) is 22.4 Å². The number of methoxy groups -OCH3 is 1. The van der Waals surface area contributed by atoms with Crippen molar-refractivity contribution in [2.24, 2.45) is 5.92 Å². The van der Waals surface area contributed by atoms with E-state index in [1.165, 1.54) is 24.9 Å². The zero-order valence-corrected chi connectivity index (χ0v) is 22.3. The van der Waals surface area contributed by atoms with E-state index >= 15 is 0 Å². The van der Waals surface area contributed by atoms with Gasteiger partial charge < -0.3 is 29.4 Å². The van der Waals surface area contributed by atoms with Crippen molar-refractivity contribution in [1.82, 2.24) is 10.3 Å². The number of aromatic nitrogens is 1. The first kappa shape index (κ1) is 27.9. The van der Waals surface area contributed by atoms with Crippen LogP contribution in [0.1, 0.15) is 35.0 Å². The average molecular weight is 535 g/mol. The Morgan fingerprint density at radius 1 is 1.10 bits per heavy atom. The summed E-state index contributed by atoms with van der Waals surface area (Å²) in [7, 11) is 1.37. The smallest absolute Gasteiger partial charge is 0.331 e. The van der Waals surface area contributed by atoms with Crippen LogP contribution in [-0.4, -0.2) is 60.5 Å². The van der Waals surface area contributed by atoms with Gasteiger partial charge in [-0.3, -0.25) is 4.79 Å². The van der Waals surface area contributed by atoms with Crippen LogP contribution >= 0.6 is 0 Å². The van der Waals surface area contributed by atoms with Crippen LogP contribution in [0.25, 0.3) is 0 Å². The number of cyclic esters (lactones) is 1. The third-order valence-corrected chi connectivity index (χ3v) is 6.70. The molecule has 1 aromatic heterocycles. The first-order valence-electron chi connectivity index (χ1n) is 12.9. The predicted molar refractivity (Wildman–Crippen MR) is 144 cm³/mol. The number of esters is 1. The van der Waals surface area contributed by atoms with Gasteiger partial charge in [-0.25, -0.2) is 9.78 Å². The summed E-state index contributed by atoms with van der Waals surface area (Å²) in [4.78, 5) is 30.0. The van der Waals surface area contributed by atoms with Crippen molar-refractivity contribution in [1.29, 1.82) is 0 Å². The number of rotatable bonds is 8. The van der Waals surface area contributed by atoms with Crippen LogP contribution in [0.3, 0.4) is 0 Å². The van der Waals surface area contributed by atoms with Crippen LogP contribution < -0.4 is 14.8 Å².